The monoisotopic (exact) mass is 382 g/mol. The summed E-state index contributed by atoms with van der Waals surface area (Å²) in [7, 11) is 1.29. The van der Waals surface area contributed by atoms with E-state index < -0.39 is 22.8 Å². The van der Waals surface area contributed by atoms with Crippen LogP contribution in [0.3, 0.4) is 0 Å². The van der Waals surface area contributed by atoms with Crippen molar-refractivity contribution in [2.75, 3.05) is 7.11 Å². The molecule has 0 aliphatic carbocycles. The van der Waals surface area contributed by atoms with Gasteiger partial charge in [0, 0.05) is 17.8 Å². The topological polar surface area (TPSA) is 91.6 Å². The van der Waals surface area contributed by atoms with Gasteiger partial charge in [-0.3, -0.25) is 15.1 Å². The van der Waals surface area contributed by atoms with E-state index in [0.717, 1.165) is 6.07 Å². The van der Waals surface area contributed by atoms with Gasteiger partial charge in [-0.2, -0.15) is 0 Å². The van der Waals surface area contributed by atoms with Gasteiger partial charge in [-0.25, -0.2) is 9.18 Å². The van der Waals surface area contributed by atoms with E-state index in [4.69, 9.17) is 9.47 Å². The van der Waals surface area contributed by atoms with Gasteiger partial charge < -0.3 is 9.47 Å². The first-order valence-electron chi connectivity index (χ1n) is 8.19. The summed E-state index contributed by atoms with van der Waals surface area (Å²) in [5.41, 5.74) is 0.376. The average molecular weight is 382 g/mol. The molecule has 8 heteroatoms. The highest BCUT2D eigenvalue weighted by Gasteiger charge is 2.24. The quantitative estimate of drug-likeness (QED) is 0.362. The van der Waals surface area contributed by atoms with Crippen LogP contribution in [0.5, 0.6) is 5.75 Å². The molecule has 0 spiro atoms. The zero-order valence-electron chi connectivity index (χ0n) is 14.7. The Balaban J connectivity index is 1.96. The third-order valence-corrected chi connectivity index (χ3v) is 3.94. The molecule has 0 saturated heterocycles. The highest BCUT2D eigenvalue weighted by Crippen LogP contribution is 2.30. The van der Waals surface area contributed by atoms with E-state index in [-0.39, 0.29) is 17.0 Å². The second kappa shape index (κ2) is 8.26. The van der Waals surface area contributed by atoms with Crippen LogP contribution in [0, 0.1) is 15.9 Å². The van der Waals surface area contributed by atoms with Crippen LogP contribution in [0.1, 0.15) is 27.7 Å². The molecule has 0 radical (unpaired) electrons. The Morgan fingerprint density at radius 2 is 1.96 bits per heavy atom. The number of nitrogens with zero attached hydrogens (tertiary/aromatic N) is 2. The van der Waals surface area contributed by atoms with E-state index in [1.165, 1.54) is 43.6 Å². The van der Waals surface area contributed by atoms with Crippen molar-refractivity contribution in [3.05, 3.63) is 99.6 Å². The van der Waals surface area contributed by atoms with Gasteiger partial charge in [-0.1, -0.05) is 18.2 Å². The Labute approximate surface area is 159 Å². The Bertz CT molecular complexity index is 1010. The summed E-state index contributed by atoms with van der Waals surface area (Å²) in [4.78, 5) is 27.4. The molecule has 1 unspecified atom stereocenters. The molecule has 1 heterocycles. The second-order valence-electron chi connectivity index (χ2n) is 5.74. The molecule has 1 atom stereocenters. The summed E-state index contributed by atoms with van der Waals surface area (Å²) in [6.45, 7) is 0. The third-order valence-electron chi connectivity index (χ3n) is 3.94. The molecule has 0 amide bonds. The molecular formula is C20H15FN2O5. The number of halogens is 1. The van der Waals surface area contributed by atoms with E-state index in [2.05, 4.69) is 4.98 Å². The van der Waals surface area contributed by atoms with E-state index in [1.807, 2.05) is 0 Å². The number of nitro benzene ring substituents is 1. The van der Waals surface area contributed by atoms with Gasteiger partial charge in [0.25, 0.3) is 0 Å². The Hall–Kier alpha value is -3.81. The first-order chi connectivity index (χ1) is 13.5. The fraction of sp³-hybridized carbons (Fsp3) is 0.100. The lowest BCUT2D eigenvalue weighted by atomic mass is 10.1. The largest absolute Gasteiger partial charge is 0.490 e. The van der Waals surface area contributed by atoms with Crippen molar-refractivity contribution in [1.29, 1.82) is 0 Å². The number of carbonyl (C=O) groups excluding carboxylic acids is 1. The summed E-state index contributed by atoms with van der Waals surface area (Å²) < 4.78 is 24.1. The summed E-state index contributed by atoms with van der Waals surface area (Å²) in [5.74, 6) is -1.28. The van der Waals surface area contributed by atoms with Gasteiger partial charge in [0.2, 0.25) is 0 Å². The molecule has 7 nitrogen and oxygen atoms in total. The van der Waals surface area contributed by atoms with E-state index in [0.29, 0.717) is 11.3 Å². The van der Waals surface area contributed by atoms with Crippen molar-refractivity contribution >= 4 is 11.7 Å². The zero-order valence-corrected chi connectivity index (χ0v) is 14.7. The predicted octanol–water partition coefficient (Wildman–Crippen LogP) is 4.08. The van der Waals surface area contributed by atoms with Crippen molar-refractivity contribution in [1.82, 2.24) is 4.98 Å². The minimum Gasteiger partial charge on any atom is -0.490 e. The minimum atomic E-state index is -0.981. The number of esters is 1. The van der Waals surface area contributed by atoms with Gasteiger partial charge in [0.15, 0.2) is 11.9 Å². The molecule has 0 bridgehead atoms. The van der Waals surface area contributed by atoms with Crippen LogP contribution >= 0.6 is 0 Å². The lowest BCUT2D eigenvalue weighted by Crippen LogP contribution is -2.14. The highest BCUT2D eigenvalue weighted by atomic mass is 19.1. The number of nitro groups is 1. The standard InChI is InChI=1S/C20H15FN2O5/c1-27-18-9-8-14(12-17(18)23(25)26)20(24)28-19(16-7-2-3-10-22-16)13-5-4-6-15(21)11-13/h2-12,19H,1H3. The highest BCUT2D eigenvalue weighted by molar-refractivity contribution is 5.91. The second-order valence-corrected chi connectivity index (χ2v) is 5.74. The fourth-order valence-corrected chi connectivity index (χ4v) is 2.63. The van der Waals surface area contributed by atoms with E-state index >= 15 is 0 Å². The number of pyridine rings is 1. The van der Waals surface area contributed by atoms with Crippen LogP contribution in [-0.4, -0.2) is 23.0 Å². The number of hydrogen-bond acceptors (Lipinski definition) is 6. The van der Waals surface area contributed by atoms with Gasteiger partial charge >= 0.3 is 11.7 Å². The number of aromatic nitrogens is 1. The maximum absolute atomic E-state index is 13.7. The molecule has 3 rings (SSSR count). The average Bonchev–Trinajstić information content (AvgIpc) is 2.71. The van der Waals surface area contributed by atoms with Crippen LogP contribution in [0.2, 0.25) is 0 Å². The lowest BCUT2D eigenvalue weighted by molar-refractivity contribution is -0.385. The number of ether oxygens (including phenoxy) is 2. The summed E-state index contributed by atoms with van der Waals surface area (Å²) in [6, 6.07) is 14.4. The maximum atomic E-state index is 13.7. The first-order valence-corrected chi connectivity index (χ1v) is 8.19. The Morgan fingerprint density at radius 1 is 1.14 bits per heavy atom. The van der Waals surface area contributed by atoms with Gasteiger partial charge in [-0.15, -0.1) is 0 Å². The van der Waals surface area contributed by atoms with Crippen LogP contribution in [0.4, 0.5) is 10.1 Å². The van der Waals surface area contributed by atoms with Crippen LogP contribution < -0.4 is 4.74 Å². The predicted molar refractivity (Wildman–Crippen MR) is 97.5 cm³/mol. The summed E-state index contributed by atoms with van der Waals surface area (Å²) >= 11 is 0. The lowest BCUT2D eigenvalue weighted by Gasteiger charge is -2.18. The SMILES string of the molecule is COc1ccc(C(=O)OC(c2cccc(F)c2)c2ccccn2)cc1[N+](=O)[O-]. The van der Waals surface area contributed by atoms with Gasteiger partial charge in [-0.05, 0) is 36.4 Å². The number of benzene rings is 2. The number of hydrogen-bond donors (Lipinski definition) is 0. The van der Waals surface area contributed by atoms with Gasteiger partial charge in [0.1, 0.15) is 5.82 Å². The zero-order chi connectivity index (χ0) is 20.1. The molecule has 0 N–H and O–H groups in total. The normalized spacial score (nSPS) is 11.5. The molecule has 142 valence electrons. The molecule has 0 aliphatic rings. The molecule has 1 aromatic heterocycles. The van der Waals surface area contributed by atoms with Crippen molar-refractivity contribution in [3.8, 4) is 5.75 Å². The minimum absolute atomic E-state index is 0.0213. The van der Waals surface area contributed by atoms with Crippen molar-refractivity contribution in [3.63, 3.8) is 0 Å². The number of rotatable bonds is 6. The van der Waals surface area contributed by atoms with Gasteiger partial charge in [0.05, 0.1) is 23.3 Å². The van der Waals surface area contributed by atoms with Crippen LogP contribution in [0.25, 0.3) is 0 Å². The van der Waals surface area contributed by atoms with Crippen molar-refractivity contribution in [2.24, 2.45) is 0 Å². The molecular weight excluding hydrogens is 367 g/mol. The fourth-order valence-electron chi connectivity index (χ4n) is 2.63. The van der Waals surface area contributed by atoms with Crippen LogP contribution in [0.15, 0.2) is 66.9 Å². The van der Waals surface area contributed by atoms with Crippen molar-refractivity contribution in [2.45, 2.75) is 6.10 Å². The molecule has 0 saturated carbocycles. The Kier molecular flexibility index (Phi) is 5.59. The van der Waals surface area contributed by atoms with E-state index in [9.17, 15) is 19.3 Å². The smallest absolute Gasteiger partial charge is 0.339 e. The number of carbonyl (C=O) groups is 1. The molecule has 3 aromatic rings. The van der Waals surface area contributed by atoms with E-state index in [1.54, 1.807) is 24.3 Å². The molecule has 0 aliphatic heterocycles. The Morgan fingerprint density at radius 3 is 2.61 bits per heavy atom. The summed E-state index contributed by atoms with van der Waals surface area (Å²) in [6.07, 6.45) is 0.541. The summed E-state index contributed by atoms with van der Waals surface area (Å²) in [5, 5.41) is 11.2. The number of methoxy groups -OCH3 is 1. The first kappa shape index (κ1) is 19.0. The maximum Gasteiger partial charge on any atom is 0.339 e. The molecule has 0 fully saturated rings. The molecule has 28 heavy (non-hydrogen) atoms. The van der Waals surface area contributed by atoms with Crippen molar-refractivity contribution < 1.29 is 23.6 Å². The van der Waals surface area contributed by atoms with Crippen LogP contribution in [-0.2, 0) is 4.74 Å². The molecule has 2 aromatic carbocycles. The third kappa shape index (κ3) is 4.12.